The number of hydrogen-bond acceptors (Lipinski definition) is 4. The van der Waals surface area contributed by atoms with Crippen molar-refractivity contribution < 1.29 is 13.9 Å². The van der Waals surface area contributed by atoms with Crippen LogP contribution in [0.3, 0.4) is 0 Å². The number of nitrogens with zero attached hydrogens (tertiary/aromatic N) is 2. The van der Waals surface area contributed by atoms with Crippen LogP contribution in [0.5, 0.6) is 5.75 Å². The molecule has 2 N–H and O–H groups in total. The number of guanidine groups is 1. The molecule has 28 heavy (non-hydrogen) atoms. The fourth-order valence-electron chi connectivity index (χ4n) is 3.10. The number of aryl methyl sites for hydroxylation is 1. The second-order valence-electron chi connectivity index (χ2n) is 6.73. The number of carbonyl (C=O) groups is 1. The topological polar surface area (TPSA) is 79.1 Å². The largest absolute Gasteiger partial charge is 0.482 e. The molecule has 2 aromatic rings. The van der Waals surface area contributed by atoms with Crippen molar-refractivity contribution in [1.82, 2.24) is 10.6 Å². The van der Waals surface area contributed by atoms with Crippen LogP contribution < -0.4 is 20.3 Å². The predicted octanol–water partition coefficient (Wildman–Crippen LogP) is 3.02. The molecule has 0 spiro atoms. The second kappa shape index (κ2) is 9.30. The molecule has 1 aromatic carbocycles. The molecule has 1 aliphatic rings. The molecule has 150 valence electrons. The van der Waals surface area contributed by atoms with E-state index in [1.54, 1.807) is 4.90 Å². The molecule has 0 aliphatic carbocycles. The Morgan fingerprint density at radius 1 is 1.29 bits per heavy atom. The van der Waals surface area contributed by atoms with Gasteiger partial charge in [-0.15, -0.1) is 0 Å². The van der Waals surface area contributed by atoms with E-state index in [2.05, 4.69) is 15.6 Å². The molecule has 0 fully saturated rings. The van der Waals surface area contributed by atoms with E-state index in [4.69, 9.17) is 9.15 Å². The molecular weight excluding hydrogens is 356 g/mol. The van der Waals surface area contributed by atoms with Gasteiger partial charge >= 0.3 is 0 Å². The van der Waals surface area contributed by atoms with Gasteiger partial charge in [0.2, 0.25) is 0 Å². The molecule has 7 heteroatoms. The molecule has 1 aliphatic heterocycles. The number of hydrogen-bond donors (Lipinski definition) is 2. The number of ether oxygens (including phenoxy) is 1. The third-order valence-corrected chi connectivity index (χ3v) is 4.50. The smallest absolute Gasteiger partial charge is 0.265 e. The first kappa shape index (κ1) is 19.8. The van der Waals surface area contributed by atoms with Crippen molar-refractivity contribution in [3.05, 3.63) is 47.9 Å². The summed E-state index contributed by atoms with van der Waals surface area (Å²) in [5.74, 6) is 3.23. The Balaban J connectivity index is 1.56. The Bertz CT molecular complexity index is 831. The Hall–Kier alpha value is -2.96. The van der Waals surface area contributed by atoms with Gasteiger partial charge in [0.1, 0.15) is 17.3 Å². The molecule has 0 saturated carbocycles. The van der Waals surface area contributed by atoms with Crippen molar-refractivity contribution in [3.8, 4) is 5.75 Å². The van der Waals surface area contributed by atoms with Gasteiger partial charge in [-0.3, -0.25) is 9.79 Å². The second-order valence-corrected chi connectivity index (χ2v) is 6.73. The average molecular weight is 384 g/mol. The highest BCUT2D eigenvalue weighted by Gasteiger charge is 2.24. The van der Waals surface area contributed by atoms with E-state index < -0.39 is 0 Å². The van der Waals surface area contributed by atoms with E-state index in [-0.39, 0.29) is 18.6 Å². The Morgan fingerprint density at radius 3 is 2.86 bits per heavy atom. The summed E-state index contributed by atoms with van der Waals surface area (Å²) in [4.78, 5) is 18.6. The Labute approximate surface area is 165 Å². The van der Waals surface area contributed by atoms with E-state index in [0.717, 1.165) is 41.9 Å². The van der Waals surface area contributed by atoms with Crippen molar-refractivity contribution >= 4 is 17.6 Å². The summed E-state index contributed by atoms with van der Waals surface area (Å²) in [5.41, 5.74) is 0.828. The van der Waals surface area contributed by atoms with Crippen molar-refractivity contribution in [2.75, 3.05) is 31.1 Å². The minimum atomic E-state index is -0.0190. The maximum atomic E-state index is 12.2. The van der Waals surface area contributed by atoms with Crippen molar-refractivity contribution in [2.24, 2.45) is 4.99 Å². The number of amides is 1. The fraction of sp³-hybridized carbons (Fsp3) is 0.429. The summed E-state index contributed by atoms with van der Waals surface area (Å²) in [5, 5.41) is 6.60. The highest BCUT2D eigenvalue weighted by atomic mass is 16.5. The fourth-order valence-corrected chi connectivity index (χ4v) is 3.10. The van der Waals surface area contributed by atoms with Crippen LogP contribution in [0.15, 0.2) is 45.8 Å². The van der Waals surface area contributed by atoms with E-state index in [0.29, 0.717) is 13.1 Å². The Kier molecular flexibility index (Phi) is 6.57. The van der Waals surface area contributed by atoms with Gasteiger partial charge < -0.3 is 24.7 Å². The monoisotopic (exact) mass is 384 g/mol. The lowest BCUT2D eigenvalue weighted by molar-refractivity contribution is -0.121. The van der Waals surface area contributed by atoms with Crippen LogP contribution >= 0.6 is 0 Å². The summed E-state index contributed by atoms with van der Waals surface area (Å²) < 4.78 is 11.2. The molecule has 1 amide bonds. The molecule has 0 radical (unpaired) electrons. The number of fused-ring (bicyclic) bond motifs is 1. The lowest BCUT2D eigenvalue weighted by Crippen LogP contribution is -2.40. The normalized spacial score (nSPS) is 15.0. The lowest BCUT2D eigenvalue weighted by atomic mass is 10.2. The van der Waals surface area contributed by atoms with Crippen molar-refractivity contribution in [3.63, 3.8) is 0 Å². The van der Waals surface area contributed by atoms with Gasteiger partial charge in [0.15, 0.2) is 12.6 Å². The molecule has 1 atom stereocenters. The molecule has 0 bridgehead atoms. The van der Waals surface area contributed by atoms with E-state index in [1.165, 1.54) is 0 Å². The lowest BCUT2D eigenvalue weighted by Gasteiger charge is -2.29. The van der Waals surface area contributed by atoms with Gasteiger partial charge in [0, 0.05) is 19.6 Å². The van der Waals surface area contributed by atoms with Crippen LogP contribution in [-0.2, 0) is 4.79 Å². The highest BCUT2D eigenvalue weighted by molar-refractivity contribution is 5.97. The quantitative estimate of drug-likeness (QED) is 0.436. The summed E-state index contributed by atoms with van der Waals surface area (Å²) in [6.45, 7) is 8.06. The van der Waals surface area contributed by atoms with Crippen LogP contribution in [0.25, 0.3) is 0 Å². The van der Waals surface area contributed by atoms with Gasteiger partial charge in [-0.05, 0) is 51.5 Å². The van der Waals surface area contributed by atoms with Crippen LogP contribution in [0.4, 0.5) is 5.69 Å². The molecule has 3 rings (SSSR count). The highest BCUT2D eigenvalue weighted by Crippen LogP contribution is 2.31. The minimum absolute atomic E-state index is 0.0131. The summed E-state index contributed by atoms with van der Waals surface area (Å²) in [6.07, 6.45) is 0.755. The zero-order valence-corrected chi connectivity index (χ0v) is 16.7. The van der Waals surface area contributed by atoms with E-state index in [9.17, 15) is 4.79 Å². The number of rotatable bonds is 7. The standard InChI is InChI=1S/C21H28N4O3/c1-4-22-21(24-16(3)18-11-10-15(2)28-18)23-12-7-13-25-17-8-5-6-9-19(17)27-14-20(25)26/h5-6,8-11,16H,4,7,12-14H2,1-3H3,(H2,22,23,24). The molecule has 2 heterocycles. The maximum absolute atomic E-state index is 12.2. The SMILES string of the molecule is CCNC(=NCCCN1C(=O)COc2ccccc21)NC(C)c1ccc(C)o1. The zero-order chi connectivity index (χ0) is 19.9. The average Bonchev–Trinajstić information content (AvgIpc) is 3.13. The summed E-state index contributed by atoms with van der Waals surface area (Å²) in [6, 6.07) is 11.6. The predicted molar refractivity (Wildman–Crippen MR) is 110 cm³/mol. The third kappa shape index (κ3) is 4.85. The number of anilines is 1. The van der Waals surface area contributed by atoms with Gasteiger partial charge in [0.25, 0.3) is 5.91 Å². The van der Waals surface area contributed by atoms with Gasteiger partial charge in [0.05, 0.1) is 11.7 Å². The van der Waals surface area contributed by atoms with Crippen molar-refractivity contribution in [2.45, 2.75) is 33.2 Å². The number of furan rings is 1. The first-order valence-electron chi connectivity index (χ1n) is 9.72. The van der Waals surface area contributed by atoms with E-state index in [1.807, 2.05) is 57.2 Å². The zero-order valence-electron chi connectivity index (χ0n) is 16.7. The first-order chi connectivity index (χ1) is 13.6. The number of benzene rings is 1. The van der Waals surface area contributed by atoms with Gasteiger partial charge in [-0.25, -0.2) is 0 Å². The summed E-state index contributed by atoms with van der Waals surface area (Å²) in [7, 11) is 0. The number of para-hydroxylation sites is 2. The van der Waals surface area contributed by atoms with Crippen LogP contribution in [0, 0.1) is 6.92 Å². The number of nitrogens with one attached hydrogen (secondary N) is 2. The molecular formula is C21H28N4O3. The van der Waals surface area contributed by atoms with Crippen LogP contribution in [0.2, 0.25) is 0 Å². The first-order valence-corrected chi connectivity index (χ1v) is 9.72. The van der Waals surface area contributed by atoms with E-state index >= 15 is 0 Å². The number of aliphatic imine (C=N–C) groups is 1. The van der Waals surface area contributed by atoms with Crippen LogP contribution in [-0.4, -0.2) is 38.1 Å². The minimum Gasteiger partial charge on any atom is -0.482 e. The molecule has 1 unspecified atom stereocenters. The van der Waals surface area contributed by atoms with Gasteiger partial charge in [-0.2, -0.15) is 0 Å². The summed E-state index contributed by atoms with van der Waals surface area (Å²) >= 11 is 0. The molecule has 0 saturated heterocycles. The molecule has 7 nitrogen and oxygen atoms in total. The maximum Gasteiger partial charge on any atom is 0.265 e. The van der Waals surface area contributed by atoms with Crippen LogP contribution in [0.1, 0.15) is 37.8 Å². The number of carbonyl (C=O) groups excluding carboxylic acids is 1. The van der Waals surface area contributed by atoms with Crippen molar-refractivity contribution in [1.29, 1.82) is 0 Å². The van der Waals surface area contributed by atoms with Gasteiger partial charge in [-0.1, -0.05) is 12.1 Å². The third-order valence-electron chi connectivity index (χ3n) is 4.50. The molecule has 1 aromatic heterocycles. The Morgan fingerprint density at radius 2 is 2.11 bits per heavy atom.